The zero-order valence-electron chi connectivity index (χ0n) is 17.7. The molecular formula is C22H31F3N2O2S. The van der Waals surface area contributed by atoms with E-state index in [1.807, 2.05) is 20.8 Å². The first kappa shape index (κ1) is 23.4. The molecule has 0 aliphatic heterocycles. The number of nitrogens with two attached hydrogens (primary N) is 1. The fraction of sp³-hybridized carbons (Fsp3) is 0.682. The lowest BCUT2D eigenvalue weighted by atomic mass is 9.69. The van der Waals surface area contributed by atoms with Gasteiger partial charge < -0.3 is 5.73 Å². The number of benzene rings is 1. The van der Waals surface area contributed by atoms with E-state index < -0.39 is 33.2 Å². The second kappa shape index (κ2) is 9.09. The van der Waals surface area contributed by atoms with Crippen LogP contribution in [0.25, 0.3) is 0 Å². The van der Waals surface area contributed by atoms with Crippen LogP contribution in [0.2, 0.25) is 0 Å². The van der Waals surface area contributed by atoms with Crippen LogP contribution in [0, 0.1) is 41.1 Å². The second-order valence-electron chi connectivity index (χ2n) is 9.69. The smallest absolute Gasteiger partial charge is 0.161 e. The normalized spacial score (nSPS) is 28.4. The van der Waals surface area contributed by atoms with Crippen molar-refractivity contribution in [3.63, 3.8) is 0 Å². The number of ketones is 1. The molecule has 30 heavy (non-hydrogen) atoms. The number of hydrogen-bond acceptors (Lipinski definition) is 3. The first-order valence-electron chi connectivity index (χ1n) is 10.6. The molecule has 2 bridgehead atoms. The van der Waals surface area contributed by atoms with Crippen molar-refractivity contribution in [2.75, 3.05) is 6.54 Å². The van der Waals surface area contributed by atoms with Gasteiger partial charge in [0.05, 0.1) is 22.3 Å². The maximum atomic E-state index is 14.3. The minimum Gasteiger partial charge on any atom is -0.324 e. The van der Waals surface area contributed by atoms with Gasteiger partial charge in [-0.25, -0.2) is 22.1 Å². The van der Waals surface area contributed by atoms with Crippen LogP contribution in [0.15, 0.2) is 12.1 Å². The molecule has 1 aromatic carbocycles. The van der Waals surface area contributed by atoms with E-state index in [1.165, 1.54) is 0 Å². The average molecular weight is 445 g/mol. The van der Waals surface area contributed by atoms with Crippen molar-refractivity contribution >= 4 is 16.8 Å². The van der Waals surface area contributed by atoms with E-state index in [1.54, 1.807) is 0 Å². The highest BCUT2D eigenvalue weighted by atomic mass is 32.2. The van der Waals surface area contributed by atoms with E-state index in [2.05, 4.69) is 4.72 Å². The lowest BCUT2D eigenvalue weighted by Gasteiger charge is -2.39. The van der Waals surface area contributed by atoms with Crippen molar-refractivity contribution in [3.05, 3.63) is 35.1 Å². The highest BCUT2D eigenvalue weighted by Gasteiger charge is 2.47. The summed E-state index contributed by atoms with van der Waals surface area (Å²) in [6, 6.07) is 1.07. The zero-order chi connectivity index (χ0) is 22.2. The van der Waals surface area contributed by atoms with Gasteiger partial charge in [-0.15, -0.1) is 0 Å². The summed E-state index contributed by atoms with van der Waals surface area (Å²) in [4.78, 5) is 12.3. The Bertz CT molecular complexity index is 813. The van der Waals surface area contributed by atoms with Crippen molar-refractivity contribution in [2.45, 2.75) is 63.7 Å². The van der Waals surface area contributed by atoms with Crippen LogP contribution in [0.4, 0.5) is 13.2 Å². The summed E-state index contributed by atoms with van der Waals surface area (Å²) < 4.78 is 56.9. The molecule has 0 aromatic heterocycles. The van der Waals surface area contributed by atoms with Gasteiger partial charge in [0.2, 0.25) is 0 Å². The molecule has 0 radical (unpaired) electrons. The van der Waals surface area contributed by atoms with Gasteiger partial charge in [-0.05, 0) is 82.3 Å². The second-order valence-corrected chi connectivity index (χ2v) is 11.7. The summed E-state index contributed by atoms with van der Waals surface area (Å²) in [6.07, 6.45) is 3.50. The predicted octanol–water partition coefficient (Wildman–Crippen LogP) is 3.65. The Labute approximate surface area is 178 Å². The summed E-state index contributed by atoms with van der Waals surface area (Å²) in [5.74, 6) is -2.58. The lowest BCUT2D eigenvalue weighted by molar-refractivity contribution is -0.125. The van der Waals surface area contributed by atoms with Crippen LogP contribution >= 0.6 is 0 Å². The topological polar surface area (TPSA) is 72.2 Å². The van der Waals surface area contributed by atoms with Gasteiger partial charge in [-0.2, -0.15) is 0 Å². The highest BCUT2D eigenvalue weighted by Crippen LogP contribution is 2.50. The number of carbonyl (C=O) groups is 1. The maximum Gasteiger partial charge on any atom is 0.161 e. The van der Waals surface area contributed by atoms with Crippen LogP contribution < -0.4 is 10.5 Å². The molecule has 0 spiro atoms. The molecule has 2 aliphatic rings. The zero-order valence-corrected chi connectivity index (χ0v) is 18.5. The van der Waals surface area contributed by atoms with E-state index in [4.69, 9.17) is 5.73 Å². The lowest BCUT2D eigenvalue weighted by Crippen LogP contribution is -2.48. The fourth-order valence-electron chi connectivity index (χ4n) is 5.14. The molecule has 1 aromatic rings. The third-order valence-corrected chi connectivity index (χ3v) is 8.25. The predicted molar refractivity (Wildman–Crippen MR) is 111 cm³/mol. The molecule has 0 amide bonds. The Balaban J connectivity index is 1.85. The molecule has 2 saturated carbocycles. The Morgan fingerprint density at radius 1 is 1.13 bits per heavy atom. The van der Waals surface area contributed by atoms with Crippen LogP contribution in [0.1, 0.15) is 52.0 Å². The molecular weight excluding hydrogens is 413 g/mol. The molecule has 2 fully saturated rings. The van der Waals surface area contributed by atoms with Gasteiger partial charge in [-0.1, -0.05) is 0 Å². The minimum absolute atomic E-state index is 0.0278. The number of hydrogen-bond donors (Lipinski definition) is 2. The first-order valence-corrected chi connectivity index (χ1v) is 11.7. The number of Topliss-reactive ketones (excluding diaryl/α,β-unsaturated/α-hetero) is 1. The molecule has 4 nitrogen and oxygen atoms in total. The van der Waals surface area contributed by atoms with Gasteiger partial charge in [0.25, 0.3) is 0 Å². The van der Waals surface area contributed by atoms with E-state index >= 15 is 0 Å². The van der Waals surface area contributed by atoms with Crippen molar-refractivity contribution in [1.29, 1.82) is 0 Å². The third-order valence-electron chi connectivity index (χ3n) is 6.62. The Morgan fingerprint density at radius 2 is 1.70 bits per heavy atom. The molecule has 3 rings (SSSR count). The molecule has 0 saturated heterocycles. The molecule has 0 heterocycles. The van der Waals surface area contributed by atoms with E-state index in [-0.39, 0.29) is 54.0 Å². The maximum absolute atomic E-state index is 14.3. The Morgan fingerprint density at radius 3 is 2.23 bits per heavy atom. The summed E-state index contributed by atoms with van der Waals surface area (Å²) in [5, 5.41) is 0. The van der Waals surface area contributed by atoms with E-state index in [0.717, 1.165) is 31.7 Å². The molecule has 8 heteroatoms. The number of nitrogens with one attached hydrogen (secondary N) is 1. The Kier molecular flexibility index (Phi) is 7.09. The molecule has 2 unspecified atom stereocenters. The van der Waals surface area contributed by atoms with Crippen LogP contribution in [-0.4, -0.2) is 27.3 Å². The molecule has 2 aliphatic carbocycles. The van der Waals surface area contributed by atoms with Crippen molar-refractivity contribution in [3.8, 4) is 0 Å². The quantitative estimate of drug-likeness (QED) is 0.631. The minimum atomic E-state index is -1.41. The SMILES string of the molecule is CC(C)(C)[S@](=O)N[C@H](Cc1cc(F)c(F)cc1F)C1C[C@H]2CC[C@@H](C1)C2C(=O)CN. The molecule has 3 N–H and O–H groups in total. The van der Waals surface area contributed by atoms with Crippen LogP contribution in [-0.2, 0) is 22.2 Å². The number of rotatable bonds is 7. The van der Waals surface area contributed by atoms with Gasteiger partial charge >= 0.3 is 0 Å². The first-order chi connectivity index (χ1) is 14.0. The standard InChI is InChI=1S/C22H31F3N2O2S/c1-22(2,3)30(29)27-19(9-14-8-17(24)18(25)10-16(14)23)15-6-12-4-5-13(7-15)21(12)20(28)11-26/h8,10,12-13,15,19,21,27H,4-7,9,11,26H2,1-3H3/t12-,13+,15?,19-,21?,30+/m1/s1. The van der Waals surface area contributed by atoms with Gasteiger partial charge in [-0.3, -0.25) is 4.79 Å². The van der Waals surface area contributed by atoms with Gasteiger partial charge in [0.1, 0.15) is 11.6 Å². The third kappa shape index (κ3) is 4.97. The summed E-state index contributed by atoms with van der Waals surface area (Å²) in [6.45, 7) is 5.56. The number of halogens is 3. The molecule has 6 atom stereocenters. The number of fused-ring (bicyclic) bond motifs is 2. The van der Waals surface area contributed by atoms with Crippen LogP contribution in [0.5, 0.6) is 0 Å². The van der Waals surface area contributed by atoms with Crippen molar-refractivity contribution in [1.82, 2.24) is 4.72 Å². The molecule has 168 valence electrons. The monoisotopic (exact) mass is 444 g/mol. The summed E-state index contributed by atoms with van der Waals surface area (Å²) in [5.41, 5.74) is 5.66. The van der Waals surface area contributed by atoms with Gasteiger partial charge in [0.15, 0.2) is 11.6 Å². The van der Waals surface area contributed by atoms with Gasteiger partial charge in [0, 0.05) is 18.0 Å². The van der Waals surface area contributed by atoms with Crippen molar-refractivity contribution in [2.24, 2.45) is 29.4 Å². The summed E-state index contributed by atoms with van der Waals surface area (Å²) in [7, 11) is -1.41. The summed E-state index contributed by atoms with van der Waals surface area (Å²) >= 11 is 0. The van der Waals surface area contributed by atoms with Crippen molar-refractivity contribution < 1.29 is 22.2 Å². The highest BCUT2D eigenvalue weighted by molar-refractivity contribution is 7.84. The largest absolute Gasteiger partial charge is 0.324 e. The number of carbonyl (C=O) groups excluding carboxylic acids is 1. The Hall–Kier alpha value is -1.25. The fourth-order valence-corrected chi connectivity index (χ4v) is 6.05. The average Bonchev–Trinajstić information content (AvgIpc) is 2.93. The van der Waals surface area contributed by atoms with E-state index in [0.29, 0.717) is 6.07 Å². The van der Waals surface area contributed by atoms with Crippen LogP contribution in [0.3, 0.4) is 0 Å². The van der Waals surface area contributed by atoms with E-state index in [9.17, 15) is 22.2 Å².